The van der Waals surface area contributed by atoms with Gasteiger partial charge in [0.2, 0.25) is 11.8 Å². The molecular formula is C9H8BrN5O2. The average molecular weight is 298 g/mol. The molecule has 0 aliphatic rings. The topological polar surface area (TPSA) is 117 Å². The number of nitrogen functional groups attached to an aromatic ring is 1. The number of nitrogens with zero attached hydrogens (tertiary/aromatic N) is 2. The molecule has 1 amide bonds. The Morgan fingerprint density at radius 1 is 1.53 bits per heavy atom. The standard InChI is InChI=1S/C9H8BrN5O2/c10-4-1-2-6(16)5(3-4)12-8(17)7-13-9(11)15-14-7/h1-3,16H,(H,12,17)(H3,11,13,14,15). The monoisotopic (exact) mass is 297 g/mol. The van der Waals surface area contributed by atoms with Gasteiger partial charge >= 0.3 is 0 Å². The van der Waals surface area contributed by atoms with Crippen LogP contribution in [0.15, 0.2) is 22.7 Å². The van der Waals surface area contributed by atoms with Crippen LogP contribution in [0, 0.1) is 0 Å². The van der Waals surface area contributed by atoms with Crippen LogP contribution < -0.4 is 11.1 Å². The molecule has 0 aliphatic heterocycles. The Morgan fingerprint density at radius 2 is 2.29 bits per heavy atom. The van der Waals surface area contributed by atoms with Crippen molar-refractivity contribution >= 4 is 33.5 Å². The summed E-state index contributed by atoms with van der Waals surface area (Å²) in [6.07, 6.45) is 0. The van der Waals surface area contributed by atoms with Crippen LogP contribution in [-0.2, 0) is 0 Å². The fourth-order valence-electron chi connectivity index (χ4n) is 1.17. The second-order valence-corrected chi connectivity index (χ2v) is 4.07. The van der Waals surface area contributed by atoms with Gasteiger partial charge in [0.05, 0.1) is 5.69 Å². The van der Waals surface area contributed by atoms with Crippen LogP contribution in [0.2, 0.25) is 0 Å². The van der Waals surface area contributed by atoms with Crippen LogP contribution in [0.25, 0.3) is 0 Å². The number of anilines is 2. The second kappa shape index (κ2) is 4.42. The number of rotatable bonds is 2. The summed E-state index contributed by atoms with van der Waals surface area (Å²) >= 11 is 3.23. The third kappa shape index (κ3) is 2.53. The molecular weight excluding hydrogens is 290 g/mol. The average Bonchev–Trinajstić information content (AvgIpc) is 2.70. The number of benzene rings is 1. The number of phenolic OH excluding ortho intramolecular Hbond substituents is 1. The minimum absolute atomic E-state index is 0.0198. The predicted molar refractivity (Wildman–Crippen MR) is 64.6 cm³/mol. The van der Waals surface area contributed by atoms with E-state index in [1.807, 2.05) is 0 Å². The summed E-state index contributed by atoms with van der Waals surface area (Å²) in [5.41, 5.74) is 5.54. The summed E-state index contributed by atoms with van der Waals surface area (Å²) in [6.45, 7) is 0. The Bertz CT molecular complexity index is 568. The molecule has 0 spiro atoms. The normalized spacial score (nSPS) is 10.2. The fraction of sp³-hybridized carbons (Fsp3) is 0. The number of amides is 1. The molecule has 1 aromatic heterocycles. The van der Waals surface area contributed by atoms with E-state index in [0.29, 0.717) is 0 Å². The molecule has 1 aromatic carbocycles. The van der Waals surface area contributed by atoms with Crippen LogP contribution in [0.1, 0.15) is 10.6 Å². The molecule has 0 atom stereocenters. The quantitative estimate of drug-likeness (QED) is 0.619. The van der Waals surface area contributed by atoms with E-state index < -0.39 is 5.91 Å². The summed E-state index contributed by atoms with van der Waals surface area (Å²) in [7, 11) is 0. The molecule has 0 fully saturated rings. The van der Waals surface area contributed by atoms with E-state index in [4.69, 9.17) is 5.73 Å². The summed E-state index contributed by atoms with van der Waals surface area (Å²) in [5.74, 6) is -0.632. The number of halogens is 1. The summed E-state index contributed by atoms with van der Waals surface area (Å²) in [5, 5.41) is 17.9. The van der Waals surface area contributed by atoms with E-state index in [-0.39, 0.29) is 23.2 Å². The van der Waals surface area contributed by atoms with E-state index in [0.717, 1.165) is 4.47 Å². The lowest BCUT2D eigenvalue weighted by atomic mass is 10.3. The summed E-state index contributed by atoms with van der Waals surface area (Å²) in [6, 6.07) is 4.67. The zero-order valence-electron chi connectivity index (χ0n) is 8.44. The first-order chi connectivity index (χ1) is 8.06. The molecule has 17 heavy (non-hydrogen) atoms. The molecule has 1 heterocycles. The highest BCUT2D eigenvalue weighted by Gasteiger charge is 2.12. The lowest BCUT2D eigenvalue weighted by molar-refractivity contribution is 0.101. The van der Waals surface area contributed by atoms with Crippen LogP contribution in [0.4, 0.5) is 11.6 Å². The van der Waals surface area contributed by atoms with Crippen molar-refractivity contribution in [3.63, 3.8) is 0 Å². The third-order valence-electron chi connectivity index (χ3n) is 1.92. The number of nitrogens with two attached hydrogens (primary N) is 1. The Morgan fingerprint density at radius 3 is 2.94 bits per heavy atom. The van der Waals surface area contributed by atoms with Gasteiger partial charge in [-0.1, -0.05) is 15.9 Å². The van der Waals surface area contributed by atoms with Crippen LogP contribution in [-0.4, -0.2) is 26.2 Å². The van der Waals surface area contributed by atoms with Crippen molar-refractivity contribution in [2.75, 3.05) is 11.1 Å². The fourth-order valence-corrected chi connectivity index (χ4v) is 1.53. The van der Waals surface area contributed by atoms with Crippen molar-refractivity contribution in [1.29, 1.82) is 0 Å². The smallest absolute Gasteiger partial charge is 0.293 e. The van der Waals surface area contributed by atoms with E-state index in [1.54, 1.807) is 12.1 Å². The highest BCUT2D eigenvalue weighted by molar-refractivity contribution is 9.10. The Balaban J connectivity index is 2.21. The van der Waals surface area contributed by atoms with Crippen LogP contribution >= 0.6 is 15.9 Å². The first-order valence-corrected chi connectivity index (χ1v) is 5.33. The largest absolute Gasteiger partial charge is 0.506 e. The van der Waals surface area contributed by atoms with Gasteiger partial charge in [-0.15, -0.1) is 5.10 Å². The van der Waals surface area contributed by atoms with Crippen molar-refractivity contribution in [3.05, 3.63) is 28.5 Å². The maximum atomic E-state index is 11.7. The first kappa shape index (κ1) is 11.4. The summed E-state index contributed by atoms with van der Waals surface area (Å²) < 4.78 is 0.725. The first-order valence-electron chi connectivity index (χ1n) is 4.54. The number of H-pyrrole nitrogens is 1. The molecule has 0 saturated carbocycles. The number of nitrogens with one attached hydrogen (secondary N) is 2. The van der Waals surface area contributed by atoms with Gasteiger partial charge in [-0.05, 0) is 18.2 Å². The van der Waals surface area contributed by atoms with E-state index in [9.17, 15) is 9.90 Å². The van der Waals surface area contributed by atoms with Crippen molar-refractivity contribution in [3.8, 4) is 5.75 Å². The second-order valence-electron chi connectivity index (χ2n) is 3.16. The van der Waals surface area contributed by atoms with Crippen molar-refractivity contribution < 1.29 is 9.90 Å². The number of aromatic amines is 1. The van der Waals surface area contributed by atoms with Gasteiger partial charge in [0.15, 0.2) is 0 Å². The van der Waals surface area contributed by atoms with Crippen LogP contribution in [0.5, 0.6) is 5.75 Å². The van der Waals surface area contributed by atoms with Gasteiger partial charge in [-0.2, -0.15) is 4.98 Å². The lowest BCUT2D eigenvalue weighted by Gasteiger charge is -2.05. The third-order valence-corrected chi connectivity index (χ3v) is 2.42. The summed E-state index contributed by atoms with van der Waals surface area (Å²) in [4.78, 5) is 15.3. The molecule has 88 valence electrons. The Kier molecular flexibility index (Phi) is 2.96. The Labute approximate surface area is 104 Å². The number of phenols is 1. The molecule has 0 aliphatic carbocycles. The van der Waals surface area contributed by atoms with E-state index >= 15 is 0 Å². The van der Waals surface area contributed by atoms with Gasteiger partial charge in [0.1, 0.15) is 5.75 Å². The zero-order chi connectivity index (χ0) is 12.4. The van der Waals surface area contributed by atoms with E-state index in [2.05, 4.69) is 36.4 Å². The molecule has 2 rings (SSSR count). The molecule has 8 heteroatoms. The van der Waals surface area contributed by atoms with Crippen LogP contribution in [0.3, 0.4) is 0 Å². The maximum absolute atomic E-state index is 11.7. The van der Waals surface area contributed by atoms with Crippen molar-refractivity contribution in [2.45, 2.75) is 0 Å². The van der Waals surface area contributed by atoms with E-state index in [1.165, 1.54) is 6.07 Å². The molecule has 0 radical (unpaired) electrons. The van der Waals surface area contributed by atoms with Gasteiger partial charge in [0, 0.05) is 4.47 Å². The SMILES string of the molecule is Nc1n[nH]c(C(=O)Nc2cc(Br)ccc2O)n1. The van der Waals surface area contributed by atoms with Gasteiger partial charge in [0.25, 0.3) is 5.91 Å². The van der Waals surface area contributed by atoms with Gasteiger partial charge < -0.3 is 16.2 Å². The number of carbonyl (C=O) groups excluding carboxylic acids is 1. The minimum Gasteiger partial charge on any atom is -0.506 e. The molecule has 7 nitrogen and oxygen atoms in total. The number of carbonyl (C=O) groups is 1. The van der Waals surface area contributed by atoms with Gasteiger partial charge in [-0.25, -0.2) is 0 Å². The number of hydrogen-bond acceptors (Lipinski definition) is 5. The lowest BCUT2D eigenvalue weighted by Crippen LogP contribution is -2.14. The molecule has 0 saturated heterocycles. The zero-order valence-corrected chi connectivity index (χ0v) is 10.0. The molecule has 2 aromatic rings. The molecule has 0 unspecified atom stereocenters. The highest BCUT2D eigenvalue weighted by Crippen LogP contribution is 2.26. The molecule has 0 bridgehead atoms. The number of aromatic nitrogens is 3. The van der Waals surface area contributed by atoms with Gasteiger partial charge in [-0.3, -0.25) is 9.89 Å². The molecule has 5 N–H and O–H groups in total. The minimum atomic E-state index is -0.539. The van der Waals surface area contributed by atoms with Crippen molar-refractivity contribution in [1.82, 2.24) is 15.2 Å². The number of aromatic hydroxyl groups is 1. The number of hydrogen-bond donors (Lipinski definition) is 4. The predicted octanol–water partition coefficient (Wildman–Crippen LogP) is 1.11. The maximum Gasteiger partial charge on any atom is 0.293 e. The Hall–Kier alpha value is -2.09. The highest BCUT2D eigenvalue weighted by atomic mass is 79.9. The van der Waals surface area contributed by atoms with Crippen molar-refractivity contribution in [2.24, 2.45) is 0 Å².